The van der Waals surface area contributed by atoms with Gasteiger partial charge in [-0.25, -0.2) is 13.2 Å². The SMILES string of the molecule is Cc1cc(O)c(C(=O)O)cc1S(=O)(=O)Nc1ccsc1. The number of carboxylic acids is 1. The smallest absolute Gasteiger partial charge is 0.339 e. The molecule has 6 nitrogen and oxygen atoms in total. The lowest BCUT2D eigenvalue weighted by Crippen LogP contribution is -2.15. The zero-order chi connectivity index (χ0) is 14.9. The number of phenols is 1. The highest BCUT2D eigenvalue weighted by atomic mass is 32.2. The Kier molecular flexibility index (Phi) is 3.69. The van der Waals surface area contributed by atoms with Gasteiger partial charge < -0.3 is 10.2 Å². The van der Waals surface area contributed by atoms with Crippen LogP contribution in [-0.4, -0.2) is 24.6 Å². The Balaban J connectivity index is 2.51. The van der Waals surface area contributed by atoms with Crippen LogP contribution in [-0.2, 0) is 10.0 Å². The number of carboxylic acid groups (broad SMARTS) is 1. The molecule has 0 aliphatic heterocycles. The van der Waals surface area contributed by atoms with Crippen LogP contribution in [0, 0.1) is 6.92 Å². The summed E-state index contributed by atoms with van der Waals surface area (Å²) < 4.78 is 26.8. The summed E-state index contributed by atoms with van der Waals surface area (Å²) in [4.78, 5) is 10.8. The average Bonchev–Trinajstić information content (AvgIpc) is 2.79. The Morgan fingerprint density at radius 3 is 2.60 bits per heavy atom. The Bertz CT molecular complexity index is 750. The minimum atomic E-state index is -3.90. The van der Waals surface area contributed by atoms with E-state index in [1.165, 1.54) is 18.3 Å². The molecule has 2 rings (SSSR count). The fourth-order valence-electron chi connectivity index (χ4n) is 1.67. The number of aromatic carboxylic acids is 1. The molecule has 20 heavy (non-hydrogen) atoms. The Labute approximate surface area is 119 Å². The molecule has 0 fully saturated rings. The number of thiophene rings is 1. The molecule has 0 amide bonds. The van der Waals surface area contributed by atoms with E-state index in [9.17, 15) is 18.3 Å². The molecule has 0 atom stereocenters. The third-order valence-corrected chi connectivity index (χ3v) is 4.79. The lowest BCUT2D eigenvalue weighted by molar-refractivity contribution is 0.0693. The van der Waals surface area contributed by atoms with Gasteiger partial charge in [-0.2, -0.15) is 11.3 Å². The summed E-state index contributed by atoms with van der Waals surface area (Å²) in [5, 5.41) is 21.8. The molecular formula is C12H11NO5S2. The van der Waals surface area contributed by atoms with Crippen molar-refractivity contribution in [2.75, 3.05) is 4.72 Å². The minimum absolute atomic E-state index is 0.182. The van der Waals surface area contributed by atoms with Crippen LogP contribution in [0.1, 0.15) is 15.9 Å². The quantitative estimate of drug-likeness (QED) is 0.803. The van der Waals surface area contributed by atoms with Crippen LogP contribution in [0.5, 0.6) is 5.75 Å². The van der Waals surface area contributed by atoms with Crippen molar-refractivity contribution in [2.45, 2.75) is 11.8 Å². The second kappa shape index (κ2) is 5.14. The van der Waals surface area contributed by atoms with Crippen molar-refractivity contribution in [3.8, 4) is 5.75 Å². The second-order valence-electron chi connectivity index (χ2n) is 4.06. The van der Waals surface area contributed by atoms with Gasteiger partial charge in [-0.05, 0) is 36.1 Å². The topological polar surface area (TPSA) is 104 Å². The molecule has 0 saturated heterocycles. The van der Waals surface area contributed by atoms with Crippen LogP contribution in [0.4, 0.5) is 5.69 Å². The van der Waals surface area contributed by atoms with E-state index >= 15 is 0 Å². The largest absolute Gasteiger partial charge is 0.507 e. The summed E-state index contributed by atoms with van der Waals surface area (Å²) in [6, 6.07) is 3.66. The summed E-state index contributed by atoms with van der Waals surface area (Å²) in [5.41, 5.74) is 0.205. The lowest BCUT2D eigenvalue weighted by atomic mass is 10.1. The molecule has 0 aliphatic carbocycles. The summed E-state index contributed by atoms with van der Waals surface area (Å²) in [5.74, 6) is -1.86. The third-order valence-electron chi connectivity index (χ3n) is 2.59. The van der Waals surface area contributed by atoms with Crippen LogP contribution in [0.25, 0.3) is 0 Å². The summed E-state index contributed by atoms with van der Waals surface area (Å²) >= 11 is 1.33. The van der Waals surface area contributed by atoms with Crippen molar-refractivity contribution >= 4 is 33.0 Å². The predicted octanol–water partition coefficient (Wildman–Crippen LogP) is 2.26. The zero-order valence-electron chi connectivity index (χ0n) is 10.3. The number of rotatable bonds is 4. The van der Waals surface area contributed by atoms with Crippen molar-refractivity contribution in [1.82, 2.24) is 0 Å². The Morgan fingerprint density at radius 2 is 2.05 bits per heavy atom. The minimum Gasteiger partial charge on any atom is -0.507 e. The molecule has 1 aromatic carbocycles. The van der Waals surface area contributed by atoms with E-state index in [4.69, 9.17) is 5.11 Å². The van der Waals surface area contributed by atoms with Gasteiger partial charge in [-0.15, -0.1) is 0 Å². The molecule has 1 heterocycles. The van der Waals surface area contributed by atoms with Crippen molar-refractivity contribution in [3.63, 3.8) is 0 Å². The maximum absolute atomic E-state index is 12.2. The molecule has 0 unspecified atom stereocenters. The molecule has 0 radical (unpaired) electrons. The van der Waals surface area contributed by atoms with Crippen LogP contribution in [0.15, 0.2) is 33.9 Å². The summed E-state index contributed by atoms with van der Waals surface area (Å²) in [6.45, 7) is 1.48. The van der Waals surface area contributed by atoms with Crippen LogP contribution < -0.4 is 4.72 Å². The third kappa shape index (κ3) is 2.75. The fraction of sp³-hybridized carbons (Fsp3) is 0.0833. The maximum atomic E-state index is 12.2. The molecule has 3 N–H and O–H groups in total. The number of aryl methyl sites for hydroxylation is 1. The first kappa shape index (κ1) is 14.4. The number of anilines is 1. The van der Waals surface area contributed by atoms with Gasteiger partial charge in [0.25, 0.3) is 10.0 Å². The molecule has 0 bridgehead atoms. The highest BCUT2D eigenvalue weighted by Gasteiger charge is 2.22. The van der Waals surface area contributed by atoms with E-state index in [1.54, 1.807) is 16.8 Å². The summed E-state index contributed by atoms with van der Waals surface area (Å²) in [6.07, 6.45) is 0. The predicted molar refractivity (Wildman–Crippen MR) is 74.9 cm³/mol. The number of sulfonamides is 1. The first-order valence-electron chi connectivity index (χ1n) is 5.43. The van der Waals surface area contributed by atoms with Gasteiger partial charge in [0, 0.05) is 5.38 Å². The van der Waals surface area contributed by atoms with Gasteiger partial charge in [0.1, 0.15) is 11.3 Å². The van der Waals surface area contributed by atoms with Crippen LogP contribution in [0.2, 0.25) is 0 Å². The molecule has 0 spiro atoms. The number of aromatic hydroxyl groups is 1. The van der Waals surface area contributed by atoms with Crippen molar-refractivity contribution in [3.05, 3.63) is 40.1 Å². The molecule has 0 aliphatic rings. The van der Waals surface area contributed by atoms with Gasteiger partial charge in [-0.3, -0.25) is 4.72 Å². The second-order valence-corrected chi connectivity index (χ2v) is 6.49. The van der Waals surface area contributed by atoms with E-state index in [2.05, 4.69) is 4.72 Å². The van der Waals surface area contributed by atoms with E-state index in [1.807, 2.05) is 0 Å². The lowest BCUT2D eigenvalue weighted by Gasteiger charge is -2.11. The number of benzene rings is 1. The van der Waals surface area contributed by atoms with Gasteiger partial charge >= 0.3 is 5.97 Å². The highest BCUT2D eigenvalue weighted by molar-refractivity contribution is 7.92. The normalized spacial score (nSPS) is 11.2. The van der Waals surface area contributed by atoms with Crippen LogP contribution in [0.3, 0.4) is 0 Å². The first-order chi connectivity index (χ1) is 9.31. The Morgan fingerprint density at radius 1 is 1.35 bits per heavy atom. The van der Waals surface area contributed by atoms with E-state index in [-0.39, 0.29) is 10.5 Å². The maximum Gasteiger partial charge on any atom is 0.339 e. The van der Waals surface area contributed by atoms with Gasteiger partial charge in [0.05, 0.1) is 10.6 Å². The number of hydrogen-bond acceptors (Lipinski definition) is 5. The highest BCUT2D eigenvalue weighted by Crippen LogP contribution is 2.27. The van der Waals surface area contributed by atoms with Gasteiger partial charge in [-0.1, -0.05) is 0 Å². The molecule has 8 heteroatoms. The number of hydrogen-bond donors (Lipinski definition) is 3. The monoisotopic (exact) mass is 313 g/mol. The van der Waals surface area contributed by atoms with E-state index in [0.717, 1.165) is 12.1 Å². The standard InChI is InChI=1S/C12H11NO5S2/c1-7-4-10(14)9(12(15)16)5-11(7)20(17,18)13-8-2-3-19-6-8/h2-6,13-14H,1H3,(H,15,16). The van der Waals surface area contributed by atoms with Crippen LogP contribution >= 0.6 is 11.3 Å². The van der Waals surface area contributed by atoms with E-state index < -0.39 is 27.3 Å². The Hall–Kier alpha value is -2.06. The molecular weight excluding hydrogens is 302 g/mol. The van der Waals surface area contributed by atoms with Crippen molar-refractivity contribution in [1.29, 1.82) is 0 Å². The first-order valence-corrected chi connectivity index (χ1v) is 7.86. The molecule has 2 aromatic rings. The molecule has 106 valence electrons. The summed E-state index contributed by atoms with van der Waals surface area (Å²) in [7, 11) is -3.90. The zero-order valence-corrected chi connectivity index (χ0v) is 12.0. The number of nitrogens with one attached hydrogen (secondary N) is 1. The van der Waals surface area contributed by atoms with Gasteiger partial charge in [0.2, 0.25) is 0 Å². The molecule has 1 aromatic heterocycles. The van der Waals surface area contributed by atoms with Crippen molar-refractivity contribution in [2.24, 2.45) is 0 Å². The average molecular weight is 313 g/mol. The van der Waals surface area contributed by atoms with Crippen molar-refractivity contribution < 1.29 is 23.4 Å². The van der Waals surface area contributed by atoms with Gasteiger partial charge in [0.15, 0.2) is 0 Å². The molecule has 0 saturated carbocycles. The van der Waals surface area contributed by atoms with E-state index in [0.29, 0.717) is 5.69 Å². The number of carbonyl (C=O) groups is 1. The fourth-order valence-corrected chi connectivity index (χ4v) is 3.63.